The van der Waals surface area contributed by atoms with E-state index in [1.807, 2.05) is 0 Å². The lowest BCUT2D eigenvalue weighted by Crippen LogP contribution is -2.16. The number of hydrogen-bond acceptors (Lipinski definition) is 3. The van der Waals surface area contributed by atoms with E-state index >= 15 is 0 Å². The molecule has 146 valence electrons. The topological polar surface area (TPSA) is 94.2 Å². The number of benzene rings is 2. The maximum Gasteiger partial charge on any atom is 0.416 e. The number of rotatable bonds is 5. The molecule has 0 bridgehead atoms. The van der Waals surface area contributed by atoms with Crippen LogP contribution in [0.2, 0.25) is 0 Å². The van der Waals surface area contributed by atoms with Gasteiger partial charge in [0.25, 0.3) is 10.0 Å². The highest BCUT2D eigenvalue weighted by Crippen LogP contribution is 2.34. The molecule has 0 fully saturated rings. The first kappa shape index (κ1) is 19.5. The van der Waals surface area contributed by atoms with Crippen molar-refractivity contribution in [2.24, 2.45) is 5.73 Å². The fourth-order valence-electron chi connectivity index (χ4n) is 2.52. The zero-order valence-electron chi connectivity index (χ0n) is 14.1. The molecule has 0 aliphatic carbocycles. The Morgan fingerprint density at radius 3 is 2.14 bits per heavy atom. The number of nitrogens with two attached hydrogens (primary N) is 1. The van der Waals surface area contributed by atoms with Crippen LogP contribution in [-0.4, -0.2) is 18.9 Å². The Morgan fingerprint density at radius 1 is 1.00 bits per heavy atom. The minimum absolute atomic E-state index is 0.103. The van der Waals surface area contributed by atoms with Gasteiger partial charge in [0.05, 0.1) is 21.8 Å². The van der Waals surface area contributed by atoms with Crippen molar-refractivity contribution >= 4 is 21.6 Å². The van der Waals surface area contributed by atoms with Crippen LogP contribution < -0.4 is 10.5 Å². The Balaban J connectivity index is 2.05. The molecule has 0 unspecified atom stereocenters. The van der Waals surface area contributed by atoms with Gasteiger partial charge in [0.1, 0.15) is 0 Å². The highest BCUT2D eigenvalue weighted by molar-refractivity contribution is 7.92. The number of hydrogen-bond donors (Lipinski definition) is 2. The maximum absolute atomic E-state index is 13.1. The molecular formula is C18H14F3N3O3S. The van der Waals surface area contributed by atoms with Gasteiger partial charge in [-0.1, -0.05) is 0 Å². The molecular weight excluding hydrogens is 395 g/mol. The van der Waals surface area contributed by atoms with Crippen molar-refractivity contribution in [2.75, 3.05) is 4.72 Å². The molecule has 3 rings (SSSR count). The second kappa shape index (κ2) is 7.04. The Bertz CT molecular complexity index is 1110. The van der Waals surface area contributed by atoms with Crippen LogP contribution in [0.15, 0.2) is 71.9 Å². The molecule has 0 aliphatic rings. The molecule has 1 amide bonds. The summed E-state index contributed by atoms with van der Waals surface area (Å²) in [5, 5.41) is 0. The Kier molecular flexibility index (Phi) is 4.90. The molecule has 2 aromatic carbocycles. The quantitative estimate of drug-likeness (QED) is 0.676. The second-order valence-electron chi connectivity index (χ2n) is 5.81. The summed E-state index contributed by atoms with van der Waals surface area (Å²) < 4.78 is 68.2. The molecule has 10 heteroatoms. The number of primary amides is 1. The van der Waals surface area contributed by atoms with Gasteiger partial charge in [-0.25, -0.2) is 8.42 Å². The first-order valence-electron chi connectivity index (χ1n) is 7.85. The lowest BCUT2D eigenvalue weighted by molar-refractivity contribution is -0.137. The van der Waals surface area contributed by atoms with Crippen LogP contribution in [0.1, 0.15) is 15.9 Å². The second-order valence-corrected chi connectivity index (χ2v) is 7.50. The van der Waals surface area contributed by atoms with Crippen molar-refractivity contribution in [3.8, 4) is 5.69 Å². The summed E-state index contributed by atoms with van der Waals surface area (Å²) in [6, 6.07) is 10.8. The average molecular weight is 409 g/mol. The Hall–Kier alpha value is -3.27. The maximum atomic E-state index is 13.1. The van der Waals surface area contributed by atoms with Gasteiger partial charge in [0.2, 0.25) is 5.91 Å². The molecule has 1 heterocycles. The summed E-state index contributed by atoms with van der Waals surface area (Å²) in [7, 11) is -4.21. The van der Waals surface area contributed by atoms with Gasteiger partial charge in [-0.2, -0.15) is 13.2 Å². The number of carbonyl (C=O) groups is 1. The third-order valence-electron chi connectivity index (χ3n) is 3.90. The van der Waals surface area contributed by atoms with Crippen LogP contribution in [0.25, 0.3) is 5.69 Å². The van der Waals surface area contributed by atoms with E-state index in [9.17, 15) is 26.4 Å². The molecule has 0 saturated heterocycles. The minimum atomic E-state index is -4.64. The van der Waals surface area contributed by atoms with Crippen molar-refractivity contribution in [1.82, 2.24) is 4.57 Å². The number of carbonyl (C=O) groups excluding carboxylic acids is 1. The lowest BCUT2D eigenvalue weighted by Gasteiger charge is -2.16. The summed E-state index contributed by atoms with van der Waals surface area (Å²) in [5.41, 5.74) is 4.19. The minimum Gasteiger partial charge on any atom is -0.366 e. The van der Waals surface area contributed by atoms with Gasteiger partial charge < -0.3 is 10.3 Å². The molecule has 1 aromatic heterocycles. The van der Waals surface area contributed by atoms with Gasteiger partial charge in [0, 0.05) is 18.0 Å². The predicted molar refractivity (Wildman–Crippen MR) is 96.5 cm³/mol. The van der Waals surface area contributed by atoms with E-state index in [1.165, 1.54) is 22.8 Å². The molecule has 3 N–H and O–H groups in total. The van der Waals surface area contributed by atoms with Gasteiger partial charge in [0.15, 0.2) is 0 Å². The van der Waals surface area contributed by atoms with Gasteiger partial charge in [-0.05, 0) is 54.6 Å². The van der Waals surface area contributed by atoms with E-state index in [4.69, 9.17) is 5.73 Å². The lowest BCUT2D eigenvalue weighted by atomic mass is 10.1. The first-order chi connectivity index (χ1) is 13.1. The molecule has 6 nitrogen and oxygen atoms in total. The zero-order valence-corrected chi connectivity index (χ0v) is 15.0. The molecule has 0 saturated carbocycles. The molecule has 0 aliphatic heterocycles. The highest BCUT2D eigenvalue weighted by Gasteiger charge is 2.31. The van der Waals surface area contributed by atoms with Crippen LogP contribution in [0.3, 0.4) is 0 Å². The van der Waals surface area contributed by atoms with Crippen LogP contribution in [0.5, 0.6) is 0 Å². The standard InChI is InChI=1S/C18H14F3N3O3S/c19-18(20,21)13-5-8-16(24-9-1-2-10-24)15(11-13)23-28(26,27)14-6-3-12(4-7-14)17(22)25/h1-11,23H,(H2,22,25). The van der Waals surface area contributed by atoms with Crippen LogP contribution >= 0.6 is 0 Å². The normalized spacial score (nSPS) is 12.0. The SMILES string of the molecule is NC(=O)c1ccc(S(=O)(=O)Nc2cc(C(F)(F)F)ccc2-n2cccc2)cc1. The Morgan fingerprint density at radius 2 is 1.61 bits per heavy atom. The molecule has 3 aromatic rings. The monoisotopic (exact) mass is 409 g/mol. The number of nitrogens with zero attached hydrogens (tertiary/aromatic N) is 1. The van der Waals surface area contributed by atoms with Crippen molar-refractivity contribution < 1.29 is 26.4 Å². The number of sulfonamides is 1. The summed E-state index contributed by atoms with van der Waals surface area (Å²) >= 11 is 0. The summed E-state index contributed by atoms with van der Waals surface area (Å²) in [6.07, 6.45) is -1.50. The van der Waals surface area contributed by atoms with Gasteiger partial charge >= 0.3 is 6.18 Å². The number of aromatic nitrogens is 1. The highest BCUT2D eigenvalue weighted by atomic mass is 32.2. The van der Waals surface area contributed by atoms with E-state index in [-0.39, 0.29) is 21.8 Å². The number of halogens is 3. The molecule has 0 spiro atoms. The van der Waals surface area contributed by atoms with Crippen molar-refractivity contribution in [2.45, 2.75) is 11.1 Å². The fraction of sp³-hybridized carbons (Fsp3) is 0.0556. The molecule has 28 heavy (non-hydrogen) atoms. The summed E-state index contributed by atoms with van der Waals surface area (Å²) in [4.78, 5) is 10.9. The summed E-state index contributed by atoms with van der Waals surface area (Å²) in [5.74, 6) is -0.732. The van der Waals surface area contributed by atoms with E-state index in [0.29, 0.717) is 0 Å². The first-order valence-corrected chi connectivity index (χ1v) is 9.33. The smallest absolute Gasteiger partial charge is 0.366 e. The van der Waals surface area contributed by atoms with E-state index in [2.05, 4.69) is 4.72 Å². The van der Waals surface area contributed by atoms with Gasteiger partial charge in [-0.3, -0.25) is 9.52 Å². The predicted octanol–water partition coefficient (Wildman–Crippen LogP) is 3.40. The number of anilines is 1. The third kappa shape index (κ3) is 4.01. The average Bonchev–Trinajstić information content (AvgIpc) is 3.15. The third-order valence-corrected chi connectivity index (χ3v) is 5.28. The largest absolute Gasteiger partial charge is 0.416 e. The van der Waals surface area contributed by atoms with E-state index in [0.717, 1.165) is 24.3 Å². The van der Waals surface area contributed by atoms with Crippen molar-refractivity contribution in [1.29, 1.82) is 0 Å². The van der Waals surface area contributed by atoms with Crippen LogP contribution in [0, 0.1) is 0 Å². The molecule has 0 radical (unpaired) electrons. The summed E-state index contributed by atoms with van der Waals surface area (Å²) in [6.45, 7) is 0. The zero-order chi connectivity index (χ0) is 20.5. The van der Waals surface area contributed by atoms with Crippen molar-refractivity contribution in [3.63, 3.8) is 0 Å². The number of alkyl halides is 3. The van der Waals surface area contributed by atoms with Gasteiger partial charge in [-0.15, -0.1) is 0 Å². The fourth-order valence-corrected chi connectivity index (χ4v) is 3.58. The number of nitrogens with one attached hydrogen (secondary N) is 1. The van der Waals surface area contributed by atoms with E-state index < -0.39 is 27.7 Å². The van der Waals surface area contributed by atoms with Crippen LogP contribution in [0.4, 0.5) is 18.9 Å². The number of amides is 1. The van der Waals surface area contributed by atoms with Crippen molar-refractivity contribution in [3.05, 3.63) is 78.1 Å². The van der Waals surface area contributed by atoms with E-state index in [1.54, 1.807) is 24.5 Å². The molecule has 0 atom stereocenters. The Labute approximate surface area is 158 Å². The van der Waals surface area contributed by atoms with Crippen LogP contribution in [-0.2, 0) is 16.2 Å².